The first-order chi connectivity index (χ1) is 12.8. The maximum absolute atomic E-state index is 12.7. The number of aliphatic carboxylic acids is 1. The Bertz CT molecular complexity index is 544. The minimum Gasteiger partial charge on any atom is -0.480 e. The number of nitrogens with one attached hydrogen (secondary N) is 3. The van der Waals surface area contributed by atoms with E-state index in [0.29, 0.717) is 12.8 Å². The van der Waals surface area contributed by atoms with Crippen LogP contribution in [0.4, 0.5) is 0 Å². The predicted octanol–water partition coefficient (Wildman–Crippen LogP) is -1.11. The van der Waals surface area contributed by atoms with Crippen molar-refractivity contribution in [3.8, 4) is 0 Å². The average Bonchev–Trinajstić information content (AvgIpc) is 3.15. The second-order valence-corrected chi connectivity index (χ2v) is 6.87. The molecule has 2 amide bonds. The van der Waals surface area contributed by atoms with Crippen LogP contribution < -0.4 is 27.4 Å². The molecule has 0 spiro atoms. The monoisotopic (exact) mass is 384 g/mol. The number of carbonyl (C=O) groups excluding carboxylic acids is 2. The van der Waals surface area contributed by atoms with Gasteiger partial charge in [0.25, 0.3) is 0 Å². The third-order valence-corrected chi connectivity index (χ3v) is 4.73. The van der Waals surface area contributed by atoms with E-state index < -0.39 is 24.0 Å². The molecule has 10 heteroatoms. The van der Waals surface area contributed by atoms with Crippen LogP contribution >= 0.6 is 0 Å². The quantitative estimate of drug-likeness (QED) is 0.149. The zero-order valence-corrected chi connectivity index (χ0v) is 16.0. The Balaban J connectivity index is 2.69. The van der Waals surface area contributed by atoms with Crippen LogP contribution in [0.15, 0.2) is 4.99 Å². The van der Waals surface area contributed by atoms with E-state index in [1.54, 1.807) is 0 Å². The maximum Gasteiger partial charge on any atom is 0.326 e. The van der Waals surface area contributed by atoms with Crippen LogP contribution in [-0.2, 0) is 14.4 Å². The summed E-state index contributed by atoms with van der Waals surface area (Å²) in [4.78, 5) is 40.3. The number of guanidine groups is 1. The number of amides is 2. The lowest BCUT2D eigenvalue weighted by atomic mass is 9.97. The summed E-state index contributed by atoms with van der Waals surface area (Å²) in [5, 5.41) is 17.8. The number of nitrogens with two attached hydrogens (primary N) is 2. The van der Waals surface area contributed by atoms with E-state index in [-0.39, 0.29) is 36.8 Å². The first-order valence-electron chi connectivity index (χ1n) is 9.38. The summed E-state index contributed by atoms with van der Waals surface area (Å²) < 4.78 is 0. The van der Waals surface area contributed by atoms with E-state index in [1.165, 1.54) is 0 Å². The van der Waals surface area contributed by atoms with E-state index >= 15 is 0 Å². The van der Waals surface area contributed by atoms with Crippen molar-refractivity contribution < 1.29 is 19.5 Å². The molecule has 154 valence electrons. The third kappa shape index (κ3) is 7.81. The summed E-state index contributed by atoms with van der Waals surface area (Å²) in [7, 11) is 0. The molecular formula is C17H32N6O4. The third-order valence-electron chi connectivity index (χ3n) is 4.73. The molecule has 0 bridgehead atoms. The first-order valence-corrected chi connectivity index (χ1v) is 9.38. The summed E-state index contributed by atoms with van der Waals surface area (Å²) >= 11 is 0. The normalized spacial score (nSPS) is 19.6. The Morgan fingerprint density at radius 2 is 2.00 bits per heavy atom. The molecule has 27 heavy (non-hydrogen) atoms. The van der Waals surface area contributed by atoms with Crippen molar-refractivity contribution in [3.05, 3.63) is 0 Å². The number of hydrogen-bond acceptors (Lipinski definition) is 5. The fourth-order valence-corrected chi connectivity index (χ4v) is 2.89. The molecule has 1 saturated heterocycles. The molecule has 0 aromatic heterocycles. The number of carboxylic acid groups (broad SMARTS) is 1. The molecular weight excluding hydrogens is 352 g/mol. The molecule has 0 aliphatic carbocycles. The van der Waals surface area contributed by atoms with Gasteiger partial charge in [-0.1, -0.05) is 20.3 Å². The van der Waals surface area contributed by atoms with Crippen molar-refractivity contribution in [3.63, 3.8) is 0 Å². The highest BCUT2D eigenvalue weighted by atomic mass is 16.4. The highest BCUT2D eigenvalue weighted by molar-refractivity contribution is 5.92. The minimum absolute atomic E-state index is 0.0639. The number of hydrogen-bond donors (Lipinski definition) is 6. The van der Waals surface area contributed by atoms with Gasteiger partial charge in [0, 0.05) is 6.54 Å². The second kappa shape index (κ2) is 11.4. The van der Waals surface area contributed by atoms with Crippen LogP contribution in [0.3, 0.4) is 0 Å². The van der Waals surface area contributed by atoms with Gasteiger partial charge in [0.15, 0.2) is 5.96 Å². The fourth-order valence-electron chi connectivity index (χ4n) is 2.89. The molecule has 4 atom stereocenters. The molecule has 10 nitrogen and oxygen atoms in total. The molecule has 0 aromatic carbocycles. The lowest BCUT2D eigenvalue weighted by molar-refractivity contribution is -0.142. The largest absolute Gasteiger partial charge is 0.480 e. The van der Waals surface area contributed by atoms with Gasteiger partial charge < -0.3 is 32.5 Å². The van der Waals surface area contributed by atoms with Gasteiger partial charge in [0.05, 0.1) is 6.04 Å². The zero-order chi connectivity index (χ0) is 20.4. The minimum atomic E-state index is -1.14. The lowest BCUT2D eigenvalue weighted by Gasteiger charge is -2.26. The molecule has 1 heterocycles. The lowest BCUT2D eigenvalue weighted by Crippen LogP contribution is -2.56. The molecule has 1 aliphatic heterocycles. The number of aliphatic imine (C=N–C) groups is 1. The SMILES string of the molecule is CC[C@H](C)[C@H](NC(=O)[C@@H]1CCCN1)C(=O)N[C@@H](CCCN=C(N)N)C(=O)O. The average molecular weight is 384 g/mol. The van der Waals surface area contributed by atoms with Gasteiger partial charge in [0.2, 0.25) is 11.8 Å². The summed E-state index contributed by atoms with van der Waals surface area (Å²) in [6.45, 7) is 4.81. The van der Waals surface area contributed by atoms with Crippen molar-refractivity contribution in [1.29, 1.82) is 0 Å². The highest BCUT2D eigenvalue weighted by Crippen LogP contribution is 2.12. The molecule has 0 unspecified atom stereocenters. The molecule has 1 rings (SSSR count). The van der Waals surface area contributed by atoms with Crippen molar-refractivity contribution in [1.82, 2.24) is 16.0 Å². The van der Waals surface area contributed by atoms with Crippen LogP contribution in [0.1, 0.15) is 46.0 Å². The van der Waals surface area contributed by atoms with Gasteiger partial charge >= 0.3 is 5.97 Å². The van der Waals surface area contributed by atoms with Gasteiger partial charge in [-0.3, -0.25) is 14.6 Å². The molecule has 0 radical (unpaired) electrons. The first kappa shape index (κ1) is 22.7. The summed E-state index contributed by atoms with van der Waals surface area (Å²) in [5.74, 6) is -2.06. The van der Waals surface area contributed by atoms with E-state index in [1.807, 2.05) is 13.8 Å². The second-order valence-electron chi connectivity index (χ2n) is 6.87. The van der Waals surface area contributed by atoms with Gasteiger partial charge in [-0.05, 0) is 38.1 Å². The van der Waals surface area contributed by atoms with E-state index in [2.05, 4.69) is 20.9 Å². The van der Waals surface area contributed by atoms with Gasteiger partial charge in [-0.15, -0.1) is 0 Å². The Morgan fingerprint density at radius 3 is 2.52 bits per heavy atom. The summed E-state index contributed by atoms with van der Waals surface area (Å²) in [5.41, 5.74) is 10.5. The number of carbonyl (C=O) groups is 3. The van der Waals surface area contributed by atoms with Gasteiger partial charge in [0.1, 0.15) is 12.1 Å². The Kier molecular flexibility index (Phi) is 9.55. The maximum atomic E-state index is 12.7. The fraction of sp³-hybridized carbons (Fsp3) is 0.765. The smallest absolute Gasteiger partial charge is 0.326 e. The van der Waals surface area contributed by atoms with Crippen LogP contribution in [-0.4, -0.2) is 60.1 Å². The topological polar surface area (TPSA) is 172 Å². The van der Waals surface area contributed by atoms with E-state index in [9.17, 15) is 19.5 Å². The van der Waals surface area contributed by atoms with Crippen molar-refractivity contribution in [2.75, 3.05) is 13.1 Å². The van der Waals surface area contributed by atoms with Crippen molar-refractivity contribution in [2.24, 2.45) is 22.4 Å². The Morgan fingerprint density at radius 1 is 1.30 bits per heavy atom. The van der Waals surface area contributed by atoms with Crippen LogP contribution in [0.2, 0.25) is 0 Å². The molecule has 0 saturated carbocycles. The number of rotatable bonds is 11. The Labute approximate surface area is 159 Å². The Hall–Kier alpha value is -2.36. The van der Waals surface area contributed by atoms with Crippen molar-refractivity contribution in [2.45, 2.75) is 64.1 Å². The van der Waals surface area contributed by atoms with Gasteiger partial charge in [-0.2, -0.15) is 0 Å². The molecule has 1 fully saturated rings. The van der Waals surface area contributed by atoms with Crippen LogP contribution in [0.25, 0.3) is 0 Å². The van der Waals surface area contributed by atoms with Crippen molar-refractivity contribution >= 4 is 23.7 Å². The predicted molar refractivity (Wildman–Crippen MR) is 102 cm³/mol. The molecule has 1 aliphatic rings. The van der Waals surface area contributed by atoms with Crippen LogP contribution in [0, 0.1) is 5.92 Å². The number of nitrogens with zero attached hydrogens (tertiary/aromatic N) is 1. The van der Waals surface area contributed by atoms with E-state index in [4.69, 9.17) is 11.5 Å². The zero-order valence-electron chi connectivity index (χ0n) is 16.0. The molecule has 8 N–H and O–H groups in total. The van der Waals surface area contributed by atoms with E-state index in [0.717, 1.165) is 19.4 Å². The standard InChI is InChI=1S/C17H32N6O4/c1-3-10(2)13(23-14(24)11-6-4-8-20-11)15(25)22-12(16(26)27)7-5-9-21-17(18)19/h10-13,20H,3-9H2,1-2H3,(H,22,25)(H,23,24)(H,26,27)(H4,18,19,21)/t10-,11-,12-,13-/m0/s1. The molecule has 0 aromatic rings. The highest BCUT2D eigenvalue weighted by Gasteiger charge is 2.32. The summed E-state index contributed by atoms with van der Waals surface area (Å²) in [6.07, 6.45) is 2.89. The summed E-state index contributed by atoms with van der Waals surface area (Å²) in [6, 6.07) is -2.16. The number of carboxylic acids is 1. The van der Waals surface area contributed by atoms with Gasteiger partial charge in [-0.25, -0.2) is 4.79 Å². The van der Waals surface area contributed by atoms with Crippen LogP contribution in [0.5, 0.6) is 0 Å².